The molecule has 0 spiro atoms. The Morgan fingerprint density at radius 1 is 0.750 bits per heavy atom. The van der Waals surface area contributed by atoms with E-state index < -0.39 is 53.4 Å². The fourth-order valence-electron chi connectivity index (χ4n) is 4.96. The quantitative estimate of drug-likeness (QED) is 0.257. The van der Waals surface area contributed by atoms with Crippen LogP contribution in [-0.2, 0) is 35.3 Å². The number of carboxylic acids is 1. The van der Waals surface area contributed by atoms with Gasteiger partial charge in [-0.2, -0.15) is 0 Å². The lowest BCUT2D eigenvalue weighted by Crippen LogP contribution is -2.57. The average Bonchev–Trinajstić information content (AvgIpc) is 2.96. The number of benzene rings is 4. The minimum absolute atomic E-state index is 0.323. The molecule has 0 fully saturated rings. The van der Waals surface area contributed by atoms with Gasteiger partial charge in [-0.15, -0.1) is 0 Å². The molecule has 0 aliphatic rings. The van der Waals surface area contributed by atoms with Gasteiger partial charge < -0.3 is 15.4 Å². The smallest absolute Gasteiger partial charge is 0.359 e. The second-order valence-electron chi connectivity index (χ2n) is 9.43. The predicted molar refractivity (Wildman–Crippen MR) is 156 cm³/mol. The first-order valence-corrected chi connectivity index (χ1v) is 15.3. The maximum Gasteiger partial charge on any atom is 0.359 e. The molecule has 0 bridgehead atoms. The summed E-state index contributed by atoms with van der Waals surface area (Å²) in [5, 5.41) is 4.54. The first kappa shape index (κ1) is 29.1. The number of amides is 1. The zero-order valence-corrected chi connectivity index (χ0v) is 23.3. The first-order chi connectivity index (χ1) is 19.1. The summed E-state index contributed by atoms with van der Waals surface area (Å²) in [7, 11) is -4.73. The van der Waals surface area contributed by atoms with Crippen molar-refractivity contribution >= 4 is 32.9 Å². The summed E-state index contributed by atoms with van der Waals surface area (Å²) < 4.78 is 41.9. The van der Waals surface area contributed by atoms with E-state index in [4.69, 9.17) is 5.73 Å². The van der Waals surface area contributed by atoms with E-state index in [1.54, 1.807) is 128 Å². The highest BCUT2D eigenvalue weighted by Gasteiger charge is 2.58. The van der Waals surface area contributed by atoms with Crippen LogP contribution in [-0.4, -0.2) is 40.5 Å². The number of rotatable bonds is 11. The van der Waals surface area contributed by atoms with E-state index in [-0.39, 0.29) is 0 Å². The number of carbonyl (C=O) groups is 2. The minimum Gasteiger partial charge on any atom is -0.615 e. The van der Waals surface area contributed by atoms with Gasteiger partial charge in [0.05, 0.1) is 0 Å². The summed E-state index contributed by atoms with van der Waals surface area (Å²) in [5.74, 6) is -3.09. The third-order valence-corrected chi connectivity index (χ3v) is 11.8. The van der Waals surface area contributed by atoms with Crippen molar-refractivity contribution in [2.45, 2.75) is 27.4 Å². The van der Waals surface area contributed by atoms with E-state index >= 15 is 0 Å². The zero-order valence-electron chi connectivity index (χ0n) is 21.7. The number of carboxylic acid groups (broad SMARTS) is 1. The molecule has 9 heteroatoms. The number of nitrogens with two attached hydrogens (primary N) is 1. The van der Waals surface area contributed by atoms with Crippen molar-refractivity contribution in [1.82, 2.24) is 0 Å². The van der Waals surface area contributed by atoms with Gasteiger partial charge in [-0.25, -0.2) is 13.2 Å². The fraction of sp³-hybridized carbons (Fsp3) is 0.161. The summed E-state index contributed by atoms with van der Waals surface area (Å²) in [5.41, 5.74) is 7.33. The molecule has 0 saturated heterocycles. The lowest BCUT2D eigenvalue weighted by atomic mass is 9.92. The monoisotopic (exact) mass is 575 g/mol. The summed E-state index contributed by atoms with van der Waals surface area (Å²) in [4.78, 5) is 25.9. The maximum atomic E-state index is 14.6. The molecule has 4 rings (SSSR count). The third-order valence-electron chi connectivity index (χ3n) is 6.97. The number of aliphatic carboxylic acids is 1. The largest absolute Gasteiger partial charge is 0.615 e. The van der Waals surface area contributed by atoms with Gasteiger partial charge in [0.25, 0.3) is 0 Å². The molecule has 0 aliphatic carbocycles. The highest BCUT2D eigenvalue weighted by Crippen LogP contribution is 2.43. The highest BCUT2D eigenvalue weighted by atomic mass is 32.2. The Labute approximate surface area is 236 Å². The molecule has 3 N–H and O–H groups in total. The van der Waals surface area contributed by atoms with E-state index in [2.05, 4.69) is 0 Å². The molecule has 3 atom stereocenters. The third kappa shape index (κ3) is 5.54. The maximum absolute atomic E-state index is 14.6. The van der Waals surface area contributed by atoms with Gasteiger partial charge in [0.2, 0.25) is 11.2 Å². The van der Waals surface area contributed by atoms with E-state index in [1.807, 2.05) is 0 Å². The van der Waals surface area contributed by atoms with Crippen LogP contribution in [0.15, 0.2) is 121 Å². The molecular weight excluding hydrogens is 546 g/mol. The van der Waals surface area contributed by atoms with E-state index in [0.29, 0.717) is 22.3 Å². The molecule has 206 valence electrons. The minimum atomic E-state index is -4.73. The van der Waals surface area contributed by atoms with Crippen LogP contribution in [0.25, 0.3) is 0 Å². The zero-order chi connectivity index (χ0) is 28.9. The second kappa shape index (κ2) is 12.1. The van der Waals surface area contributed by atoms with Crippen LogP contribution in [0.5, 0.6) is 0 Å². The molecule has 0 radical (unpaired) electrons. The van der Waals surface area contributed by atoms with Gasteiger partial charge in [-0.1, -0.05) is 121 Å². The number of hydrogen-bond donors (Lipinski definition) is 2. The Kier molecular flexibility index (Phi) is 8.78. The molecule has 0 saturated carbocycles. The van der Waals surface area contributed by atoms with Crippen LogP contribution >= 0.6 is 0 Å². The highest BCUT2D eigenvalue weighted by molar-refractivity contribution is 7.97. The Hall–Kier alpha value is -3.92. The van der Waals surface area contributed by atoms with Crippen LogP contribution in [0, 0.1) is 0 Å². The van der Waals surface area contributed by atoms with E-state index in [9.17, 15) is 27.7 Å². The number of hydrogen-bond acceptors (Lipinski definition) is 5. The summed E-state index contributed by atoms with van der Waals surface area (Å²) >= 11 is -2.50. The first-order valence-electron chi connectivity index (χ1n) is 12.5. The average molecular weight is 576 g/mol. The molecule has 1 amide bonds. The van der Waals surface area contributed by atoms with Crippen LogP contribution < -0.4 is 5.73 Å². The summed E-state index contributed by atoms with van der Waals surface area (Å²) in [6.45, 7) is 1.58. The summed E-state index contributed by atoms with van der Waals surface area (Å²) in [6, 6.07) is 33.5. The lowest BCUT2D eigenvalue weighted by molar-refractivity contribution is -0.137. The molecule has 0 aliphatic heterocycles. The molecule has 40 heavy (non-hydrogen) atoms. The normalized spacial score (nSPS) is 14.3. The molecule has 3 unspecified atom stereocenters. The van der Waals surface area contributed by atoms with Crippen molar-refractivity contribution in [2.75, 3.05) is 0 Å². The van der Waals surface area contributed by atoms with Crippen molar-refractivity contribution in [2.24, 2.45) is 5.73 Å². The van der Waals surface area contributed by atoms with Crippen LogP contribution in [0.3, 0.4) is 0 Å². The molecule has 0 heterocycles. The fourth-order valence-corrected chi connectivity index (χ4v) is 9.66. The van der Waals surface area contributed by atoms with Crippen LogP contribution in [0.2, 0.25) is 0 Å². The number of primary amides is 1. The number of sulfone groups is 1. The Balaban J connectivity index is 1.94. The summed E-state index contributed by atoms with van der Waals surface area (Å²) in [6.07, 6.45) is 0. The van der Waals surface area contributed by atoms with Crippen LogP contribution in [0.1, 0.15) is 34.4 Å². The molecular formula is C31H29NO6S2. The molecule has 7 nitrogen and oxygen atoms in total. The van der Waals surface area contributed by atoms with Crippen LogP contribution in [0.4, 0.5) is 0 Å². The molecule has 4 aromatic rings. The van der Waals surface area contributed by atoms with Gasteiger partial charge in [-0.05, 0) is 29.2 Å². The Bertz CT molecular complexity index is 1470. The van der Waals surface area contributed by atoms with Gasteiger partial charge >= 0.3 is 5.97 Å². The van der Waals surface area contributed by atoms with Crippen molar-refractivity contribution in [3.05, 3.63) is 144 Å². The topological polar surface area (TPSA) is 138 Å². The van der Waals surface area contributed by atoms with Crippen molar-refractivity contribution in [3.8, 4) is 0 Å². The lowest BCUT2D eigenvalue weighted by Gasteiger charge is -2.38. The van der Waals surface area contributed by atoms with Gasteiger partial charge in [0.1, 0.15) is 5.25 Å². The van der Waals surface area contributed by atoms with Crippen molar-refractivity contribution in [3.63, 3.8) is 0 Å². The van der Waals surface area contributed by atoms with Gasteiger partial charge in [0.15, 0.2) is 19.8 Å². The van der Waals surface area contributed by atoms with E-state index in [0.717, 1.165) is 0 Å². The van der Waals surface area contributed by atoms with E-state index in [1.165, 1.54) is 0 Å². The SMILES string of the molecule is CC(c1ccccc1)(c1ccccc1)[S+]([O-])C(C(=O)O)C(C(N)=O)S(=O)(=O)C(c1ccccc1)c1ccccc1. The van der Waals surface area contributed by atoms with Gasteiger partial charge in [-0.3, -0.25) is 4.79 Å². The standard InChI is InChI=1S/C31H29NO6S2/c1-31(24-18-10-4-11-19-24,25-20-12-5-13-21-25)39(36)26(30(34)35)28(29(32)33)40(37,38)27(22-14-6-2-7-15-22)23-16-8-3-9-17-23/h2-21,26-28H,1H3,(H2,32,33)(H,34,35). The number of carbonyl (C=O) groups excluding carboxylic acids is 1. The van der Waals surface area contributed by atoms with Crippen molar-refractivity contribution in [1.29, 1.82) is 0 Å². The second-order valence-corrected chi connectivity index (χ2v) is 13.5. The predicted octanol–water partition coefficient (Wildman–Crippen LogP) is 4.21. The Morgan fingerprint density at radius 3 is 1.43 bits per heavy atom. The molecule has 0 aromatic heterocycles. The Morgan fingerprint density at radius 2 is 1.10 bits per heavy atom. The molecule has 4 aromatic carbocycles. The van der Waals surface area contributed by atoms with Gasteiger partial charge in [0, 0.05) is 11.1 Å². The van der Waals surface area contributed by atoms with Crippen molar-refractivity contribution < 1.29 is 27.7 Å².